The van der Waals surface area contributed by atoms with Gasteiger partial charge < -0.3 is 15.4 Å². The van der Waals surface area contributed by atoms with Gasteiger partial charge in [0, 0.05) is 12.2 Å². The Morgan fingerprint density at radius 1 is 1.42 bits per heavy atom. The molecule has 2 fully saturated rings. The number of carbonyl (C=O) groups excluding carboxylic acids is 1. The second-order valence-electron chi connectivity index (χ2n) is 5.14. The maximum atomic E-state index is 13.3. The maximum Gasteiger partial charge on any atom is 0.256 e. The van der Waals surface area contributed by atoms with Crippen molar-refractivity contribution in [3.8, 4) is 0 Å². The zero-order chi connectivity index (χ0) is 13.4. The number of nitrogens with zero attached hydrogens (tertiary/aromatic N) is 1. The van der Waals surface area contributed by atoms with Crippen molar-refractivity contribution in [3.05, 3.63) is 29.6 Å². The van der Waals surface area contributed by atoms with Crippen molar-refractivity contribution >= 4 is 11.6 Å². The van der Waals surface area contributed by atoms with E-state index in [4.69, 9.17) is 10.5 Å². The summed E-state index contributed by atoms with van der Waals surface area (Å²) in [6, 6.07) is 4.04. The highest BCUT2D eigenvalue weighted by molar-refractivity contribution is 5.99. The molecule has 0 aromatic heterocycles. The van der Waals surface area contributed by atoms with Gasteiger partial charge in [-0.25, -0.2) is 4.39 Å². The summed E-state index contributed by atoms with van der Waals surface area (Å²) >= 11 is 0. The van der Waals surface area contributed by atoms with E-state index in [2.05, 4.69) is 0 Å². The van der Waals surface area contributed by atoms with Crippen LogP contribution in [-0.4, -0.2) is 36.1 Å². The Hall–Kier alpha value is -1.62. The number of anilines is 1. The third kappa shape index (κ3) is 2.18. The normalized spacial score (nSPS) is 26.3. The zero-order valence-electron chi connectivity index (χ0n) is 10.6. The summed E-state index contributed by atoms with van der Waals surface area (Å²) in [4.78, 5) is 14.3. The molecule has 1 saturated heterocycles. The number of amides is 1. The lowest BCUT2D eigenvalue weighted by Gasteiger charge is -2.37. The summed E-state index contributed by atoms with van der Waals surface area (Å²) < 4.78 is 19.0. The van der Waals surface area contributed by atoms with Crippen LogP contribution in [-0.2, 0) is 4.74 Å². The van der Waals surface area contributed by atoms with Crippen molar-refractivity contribution in [1.82, 2.24) is 4.90 Å². The van der Waals surface area contributed by atoms with Crippen molar-refractivity contribution in [2.45, 2.75) is 31.4 Å². The van der Waals surface area contributed by atoms with E-state index < -0.39 is 5.82 Å². The number of carbonyl (C=O) groups is 1. The molecule has 1 aliphatic heterocycles. The minimum atomic E-state index is -0.436. The van der Waals surface area contributed by atoms with Crippen LogP contribution in [0, 0.1) is 5.82 Å². The molecular formula is C14H17FN2O2. The molecule has 2 atom stereocenters. The number of ether oxygens (including phenoxy) is 1. The molecule has 19 heavy (non-hydrogen) atoms. The third-order valence-electron chi connectivity index (χ3n) is 3.99. The highest BCUT2D eigenvalue weighted by Crippen LogP contribution is 2.31. The first kappa shape index (κ1) is 12.4. The van der Waals surface area contributed by atoms with E-state index in [1.54, 1.807) is 4.90 Å². The summed E-state index contributed by atoms with van der Waals surface area (Å²) in [6.07, 6.45) is 3.14. The topological polar surface area (TPSA) is 55.6 Å². The average molecular weight is 264 g/mol. The monoisotopic (exact) mass is 264 g/mol. The number of morpholine rings is 1. The Kier molecular flexibility index (Phi) is 3.14. The average Bonchev–Trinajstić information content (AvgIpc) is 2.89. The van der Waals surface area contributed by atoms with Crippen LogP contribution in [0.5, 0.6) is 0 Å². The molecule has 1 aromatic carbocycles. The second kappa shape index (κ2) is 4.81. The predicted molar refractivity (Wildman–Crippen MR) is 69.2 cm³/mol. The van der Waals surface area contributed by atoms with E-state index in [9.17, 15) is 9.18 Å². The molecule has 5 heteroatoms. The van der Waals surface area contributed by atoms with Crippen LogP contribution in [0.2, 0.25) is 0 Å². The van der Waals surface area contributed by atoms with Gasteiger partial charge in [0.15, 0.2) is 0 Å². The Labute approximate surface area is 111 Å². The van der Waals surface area contributed by atoms with Gasteiger partial charge in [-0.15, -0.1) is 0 Å². The molecule has 1 aromatic rings. The maximum absolute atomic E-state index is 13.3. The molecule has 1 heterocycles. The molecule has 2 unspecified atom stereocenters. The van der Waals surface area contributed by atoms with Gasteiger partial charge in [0.05, 0.1) is 24.3 Å². The van der Waals surface area contributed by atoms with E-state index in [0.717, 1.165) is 19.3 Å². The van der Waals surface area contributed by atoms with E-state index >= 15 is 0 Å². The van der Waals surface area contributed by atoms with Gasteiger partial charge in [0.2, 0.25) is 0 Å². The number of hydrogen-bond acceptors (Lipinski definition) is 3. The largest absolute Gasteiger partial charge is 0.398 e. The van der Waals surface area contributed by atoms with E-state index in [1.807, 2.05) is 0 Å². The van der Waals surface area contributed by atoms with Crippen LogP contribution in [0.25, 0.3) is 0 Å². The molecule has 102 valence electrons. The fourth-order valence-corrected chi connectivity index (χ4v) is 3.05. The summed E-state index contributed by atoms with van der Waals surface area (Å²) in [5.74, 6) is -0.619. The van der Waals surface area contributed by atoms with Crippen molar-refractivity contribution in [2.24, 2.45) is 0 Å². The Bertz CT molecular complexity index is 506. The van der Waals surface area contributed by atoms with E-state index in [-0.39, 0.29) is 23.6 Å². The summed E-state index contributed by atoms with van der Waals surface area (Å²) in [6.45, 7) is 1.10. The van der Waals surface area contributed by atoms with Gasteiger partial charge in [-0.1, -0.05) is 0 Å². The summed E-state index contributed by atoms with van der Waals surface area (Å²) in [5.41, 5.74) is 6.37. The molecule has 4 nitrogen and oxygen atoms in total. The van der Waals surface area contributed by atoms with Crippen LogP contribution in [0.3, 0.4) is 0 Å². The molecule has 1 amide bonds. The second-order valence-corrected chi connectivity index (χ2v) is 5.14. The number of rotatable bonds is 1. The van der Waals surface area contributed by atoms with E-state index in [1.165, 1.54) is 18.2 Å². The minimum Gasteiger partial charge on any atom is -0.398 e. The van der Waals surface area contributed by atoms with Gasteiger partial charge in [-0.3, -0.25) is 4.79 Å². The number of fused-ring (bicyclic) bond motifs is 1. The van der Waals surface area contributed by atoms with Crippen LogP contribution >= 0.6 is 0 Å². The number of benzene rings is 1. The van der Waals surface area contributed by atoms with Crippen LogP contribution in [0.15, 0.2) is 18.2 Å². The first-order valence-electron chi connectivity index (χ1n) is 6.64. The van der Waals surface area contributed by atoms with Crippen LogP contribution in [0.4, 0.5) is 10.1 Å². The van der Waals surface area contributed by atoms with Crippen molar-refractivity contribution in [2.75, 3.05) is 18.9 Å². The molecule has 0 spiro atoms. The summed E-state index contributed by atoms with van der Waals surface area (Å²) in [7, 11) is 0. The third-order valence-corrected chi connectivity index (χ3v) is 3.99. The fourth-order valence-electron chi connectivity index (χ4n) is 3.05. The van der Waals surface area contributed by atoms with Crippen molar-refractivity contribution in [3.63, 3.8) is 0 Å². The molecule has 2 aliphatic rings. The highest BCUT2D eigenvalue weighted by atomic mass is 19.1. The predicted octanol–water partition coefficient (Wildman–Crippen LogP) is 1.80. The quantitative estimate of drug-likeness (QED) is 0.787. The zero-order valence-corrected chi connectivity index (χ0v) is 10.6. The minimum absolute atomic E-state index is 0.115. The lowest BCUT2D eigenvalue weighted by molar-refractivity contribution is -0.0445. The highest BCUT2D eigenvalue weighted by Gasteiger charge is 2.38. The first-order valence-corrected chi connectivity index (χ1v) is 6.64. The Morgan fingerprint density at radius 2 is 2.26 bits per heavy atom. The fraction of sp³-hybridized carbons (Fsp3) is 0.500. The molecule has 3 rings (SSSR count). The van der Waals surface area contributed by atoms with Gasteiger partial charge in [0.1, 0.15) is 5.82 Å². The standard InChI is InChI=1S/C14H17FN2O2/c15-9-4-5-11(16)10(8-9)14(18)17-6-7-19-13-3-1-2-12(13)17/h4-5,8,12-13H,1-3,6-7,16H2. The smallest absolute Gasteiger partial charge is 0.256 e. The lowest BCUT2D eigenvalue weighted by Crippen LogP contribution is -2.51. The molecule has 0 bridgehead atoms. The van der Waals surface area contributed by atoms with E-state index in [0.29, 0.717) is 18.8 Å². The molecule has 1 saturated carbocycles. The SMILES string of the molecule is Nc1ccc(F)cc1C(=O)N1CCOC2CCCC21. The molecule has 0 radical (unpaired) electrons. The van der Waals surface area contributed by atoms with Crippen molar-refractivity contribution in [1.29, 1.82) is 0 Å². The van der Waals surface area contributed by atoms with Gasteiger partial charge >= 0.3 is 0 Å². The van der Waals surface area contributed by atoms with Crippen LogP contribution in [0.1, 0.15) is 29.6 Å². The summed E-state index contributed by atoms with van der Waals surface area (Å²) in [5, 5.41) is 0. The van der Waals surface area contributed by atoms with Gasteiger partial charge in [0.25, 0.3) is 5.91 Å². The first-order chi connectivity index (χ1) is 9.16. The Morgan fingerprint density at radius 3 is 3.11 bits per heavy atom. The van der Waals surface area contributed by atoms with Gasteiger partial charge in [-0.05, 0) is 37.5 Å². The van der Waals surface area contributed by atoms with Gasteiger partial charge in [-0.2, -0.15) is 0 Å². The number of hydrogen-bond donors (Lipinski definition) is 1. The number of nitrogens with two attached hydrogens (primary N) is 1. The molecular weight excluding hydrogens is 247 g/mol. The molecule has 1 aliphatic carbocycles. The number of halogens is 1. The molecule has 2 N–H and O–H groups in total. The lowest BCUT2D eigenvalue weighted by atomic mass is 10.1. The van der Waals surface area contributed by atoms with Crippen molar-refractivity contribution < 1.29 is 13.9 Å². The van der Waals surface area contributed by atoms with Crippen LogP contribution < -0.4 is 5.73 Å². The Balaban J connectivity index is 1.88. The number of nitrogen functional groups attached to an aromatic ring is 1.